The summed E-state index contributed by atoms with van der Waals surface area (Å²) in [6.07, 6.45) is 2.82. The molecule has 1 aromatic heterocycles. The van der Waals surface area contributed by atoms with Crippen LogP contribution in [0, 0.1) is 0 Å². The van der Waals surface area contributed by atoms with Crippen LogP contribution < -0.4 is 15.8 Å². The molecule has 2 aliphatic heterocycles. The third kappa shape index (κ3) is 6.08. The standard InChI is InChI=1S/C27H32N4O4S/c32-25(28-18-22-7-4-14-35-22)19-36-27-29-24-9-8-21(30-12-15-34-16-13-30)17-23(24)26(33)31(27)11-10-20-5-2-1-3-6-20/h1-3,5-6,8-9,17,22H,4,7,10-16,18-19H2,(H,28,32)/t22-/m1/s1. The van der Waals surface area contributed by atoms with Crippen LogP contribution in [0.15, 0.2) is 58.5 Å². The Morgan fingerprint density at radius 3 is 2.72 bits per heavy atom. The Labute approximate surface area is 215 Å². The average molecular weight is 509 g/mol. The molecule has 0 bridgehead atoms. The number of rotatable bonds is 9. The summed E-state index contributed by atoms with van der Waals surface area (Å²) in [5.41, 5.74) is 2.73. The van der Waals surface area contributed by atoms with E-state index in [1.807, 2.05) is 36.4 Å². The van der Waals surface area contributed by atoms with E-state index in [1.54, 1.807) is 4.57 Å². The van der Waals surface area contributed by atoms with E-state index in [0.717, 1.165) is 43.8 Å². The second kappa shape index (κ2) is 11.9. The number of carbonyl (C=O) groups is 1. The summed E-state index contributed by atoms with van der Waals surface area (Å²) in [4.78, 5) is 33.3. The van der Waals surface area contributed by atoms with E-state index in [9.17, 15) is 9.59 Å². The van der Waals surface area contributed by atoms with Crippen molar-refractivity contribution in [3.05, 3.63) is 64.4 Å². The van der Waals surface area contributed by atoms with E-state index in [1.165, 1.54) is 11.8 Å². The van der Waals surface area contributed by atoms with Crippen molar-refractivity contribution in [2.45, 2.75) is 37.1 Å². The van der Waals surface area contributed by atoms with Gasteiger partial charge in [0.2, 0.25) is 5.91 Å². The number of amides is 1. The maximum Gasteiger partial charge on any atom is 0.262 e. The molecule has 1 amide bonds. The largest absolute Gasteiger partial charge is 0.378 e. The van der Waals surface area contributed by atoms with Crippen molar-refractivity contribution in [2.75, 3.05) is 50.1 Å². The first-order chi connectivity index (χ1) is 17.7. The quantitative estimate of drug-likeness (QED) is 0.351. The lowest BCUT2D eigenvalue weighted by atomic mass is 10.1. The monoisotopic (exact) mass is 508 g/mol. The van der Waals surface area contributed by atoms with Gasteiger partial charge in [-0.1, -0.05) is 42.1 Å². The minimum absolute atomic E-state index is 0.0756. The van der Waals surface area contributed by atoms with Crippen LogP contribution in [-0.4, -0.2) is 66.8 Å². The van der Waals surface area contributed by atoms with Crippen LogP contribution >= 0.6 is 11.8 Å². The van der Waals surface area contributed by atoms with Crippen molar-refractivity contribution in [3.8, 4) is 0 Å². The fourth-order valence-electron chi connectivity index (χ4n) is 4.61. The van der Waals surface area contributed by atoms with Crippen LogP contribution in [0.5, 0.6) is 0 Å². The molecule has 1 atom stereocenters. The van der Waals surface area contributed by atoms with E-state index >= 15 is 0 Å². The number of thioether (sulfide) groups is 1. The number of anilines is 1. The Morgan fingerprint density at radius 2 is 1.94 bits per heavy atom. The lowest BCUT2D eigenvalue weighted by Gasteiger charge is -2.29. The van der Waals surface area contributed by atoms with Crippen molar-refractivity contribution in [3.63, 3.8) is 0 Å². The number of carbonyl (C=O) groups excluding carboxylic acids is 1. The summed E-state index contributed by atoms with van der Waals surface area (Å²) in [6.45, 7) is 4.75. The number of nitrogens with one attached hydrogen (secondary N) is 1. The van der Waals surface area contributed by atoms with Gasteiger partial charge in [0.25, 0.3) is 5.56 Å². The molecule has 2 aromatic carbocycles. The Kier molecular flexibility index (Phi) is 8.20. The Morgan fingerprint density at radius 1 is 1.11 bits per heavy atom. The lowest BCUT2D eigenvalue weighted by molar-refractivity contribution is -0.119. The van der Waals surface area contributed by atoms with Gasteiger partial charge in [0.1, 0.15) is 0 Å². The molecule has 2 fully saturated rings. The molecule has 3 heterocycles. The number of benzene rings is 2. The van der Waals surface area contributed by atoms with Gasteiger partial charge in [-0.25, -0.2) is 4.98 Å². The van der Waals surface area contributed by atoms with Gasteiger partial charge >= 0.3 is 0 Å². The molecule has 36 heavy (non-hydrogen) atoms. The molecule has 0 unspecified atom stereocenters. The lowest BCUT2D eigenvalue weighted by Crippen LogP contribution is -2.36. The van der Waals surface area contributed by atoms with Crippen molar-refractivity contribution in [2.24, 2.45) is 0 Å². The molecule has 2 saturated heterocycles. The normalized spacial score (nSPS) is 18.0. The van der Waals surface area contributed by atoms with Crippen molar-refractivity contribution in [1.29, 1.82) is 0 Å². The van der Waals surface area contributed by atoms with Crippen LogP contribution in [0.1, 0.15) is 18.4 Å². The first-order valence-electron chi connectivity index (χ1n) is 12.6. The van der Waals surface area contributed by atoms with E-state index in [4.69, 9.17) is 14.5 Å². The van der Waals surface area contributed by atoms with Gasteiger partial charge in [0.05, 0.1) is 36.0 Å². The summed E-state index contributed by atoms with van der Waals surface area (Å²) in [5, 5.41) is 4.11. The predicted molar refractivity (Wildman–Crippen MR) is 142 cm³/mol. The van der Waals surface area contributed by atoms with Crippen LogP contribution in [0.25, 0.3) is 10.9 Å². The smallest absolute Gasteiger partial charge is 0.262 e. The summed E-state index contributed by atoms with van der Waals surface area (Å²) < 4.78 is 12.8. The summed E-state index contributed by atoms with van der Waals surface area (Å²) in [5.74, 6) is 0.115. The summed E-state index contributed by atoms with van der Waals surface area (Å²) in [6, 6.07) is 16.0. The number of morpholine rings is 1. The zero-order valence-corrected chi connectivity index (χ0v) is 21.2. The van der Waals surface area contributed by atoms with Crippen molar-refractivity contribution in [1.82, 2.24) is 14.9 Å². The molecule has 0 aliphatic carbocycles. The number of ether oxygens (including phenoxy) is 2. The molecular formula is C27H32N4O4S. The van der Waals surface area contributed by atoms with Gasteiger partial charge in [-0.3, -0.25) is 14.2 Å². The molecule has 1 N–H and O–H groups in total. The van der Waals surface area contributed by atoms with Crippen LogP contribution in [0.4, 0.5) is 5.69 Å². The number of aromatic nitrogens is 2. The molecule has 0 spiro atoms. The predicted octanol–water partition coefficient (Wildman–Crippen LogP) is 2.86. The Balaban J connectivity index is 1.38. The molecule has 190 valence electrons. The third-order valence-electron chi connectivity index (χ3n) is 6.63. The molecule has 0 saturated carbocycles. The molecular weight excluding hydrogens is 476 g/mol. The maximum atomic E-state index is 13.7. The van der Waals surface area contributed by atoms with E-state index < -0.39 is 0 Å². The number of nitrogens with zero attached hydrogens (tertiary/aromatic N) is 3. The van der Waals surface area contributed by atoms with E-state index in [-0.39, 0.29) is 23.3 Å². The number of hydrogen-bond donors (Lipinski definition) is 1. The average Bonchev–Trinajstić information content (AvgIpc) is 3.45. The second-order valence-electron chi connectivity index (χ2n) is 9.12. The highest BCUT2D eigenvalue weighted by atomic mass is 32.2. The third-order valence-corrected chi connectivity index (χ3v) is 7.61. The Bertz CT molecular complexity index is 1240. The van der Waals surface area contributed by atoms with Crippen LogP contribution in [-0.2, 0) is 27.2 Å². The maximum absolute atomic E-state index is 13.7. The number of aryl methyl sites for hydroxylation is 1. The van der Waals surface area contributed by atoms with Crippen molar-refractivity contribution < 1.29 is 14.3 Å². The fraction of sp³-hybridized carbons (Fsp3) is 0.444. The minimum atomic E-state index is -0.0814. The zero-order valence-electron chi connectivity index (χ0n) is 20.4. The highest BCUT2D eigenvalue weighted by Crippen LogP contribution is 2.23. The van der Waals surface area contributed by atoms with Gasteiger partial charge < -0.3 is 19.7 Å². The first kappa shape index (κ1) is 24.8. The number of fused-ring (bicyclic) bond motifs is 1. The summed E-state index contributed by atoms with van der Waals surface area (Å²) in [7, 11) is 0. The molecule has 5 rings (SSSR count). The minimum Gasteiger partial charge on any atom is -0.378 e. The zero-order chi connectivity index (χ0) is 24.7. The molecule has 2 aliphatic rings. The highest BCUT2D eigenvalue weighted by molar-refractivity contribution is 7.99. The van der Waals surface area contributed by atoms with Gasteiger partial charge in [0.15, 0.2) is 5.16 Å². The second-order valence-corrected chi connectivity index (χ2v) is 10.1. The van der Waals surface area contributed by atoms with Crippen LogP contribution in [0.2, 0.25) is 0 Å². The van der Waals surface area contributed by atoms with Gasteiger partial charge in [-0.05, 0) is 43.0 Å². The molecule has 8 nitrogen and oxygen atoms in total. The number of hydrogen-bond acceptors (Lipinski definition) is 7. The van der Waals surface area contributed by atoms with Crippen molar-refractivity contribution >= 4 is 34.3 Å². The topological polar surface area (TPSA) is 85.7 Å². The van der Waals surface area contributed by atoms with Gasteiger partial charge in [-0.15, -0.1) is 0 Å². The summed E-state index contributed by atoms with van der Waals surface area (Å²) >= 11 is 1.31. The molecule has 9 heteroatoms. The fourth-order valence-corrected chi connectivity index (χ4v) is 5.47. The first-order valence-corrected chi connectivity index (χ1v) is 13.6. The highest BCUT2D eigenvalue weighted by Gasteiger charge is 2.19. The van der Waals surface area contributed by atoms with Gasteiger partial charge in [-0.2, -0.15) is 0 Å². The molecule has 0 radical (unpaired) electrons. The van der Waals surface area contributed by atoms with Crippen LogP contribution in [0.3, 0.4) is 0 Å². The Hall–Kier alpha value is -2.88. The van der Waals surface area contributed by atoms with Gasteiger partial charge in [0, 0.05) is 38.5 Å². The molecule has 3 aromatic rings. The van der Waals surface area contributed by atoms with E-state index in [2.05, 4.69) is 22.3 Å². The van der Waals surface area contributed by atoms with E-state index in [0.29, 0.717) is 48.8 Å². The SMILES string of the molecule is O=C(CSc1nc2ccc(N3CCOCC3)cc2c(=O)n1CCc1ccccc1)NC[C@H]1CCCO1.